The second-order valence-corrected chi connectivity index (χ2v) is 10.1. The lowest BCUT2D eigenvalue weighted by Crippen LogP contribution is -2.41. The van der Waals surface area contributed by atoms with Gasteiger partial charge in [-0.15, -0.1) is 0 Å². The molecule has 0 atom stereocenters. The average molecular weight is 510 g/mol. The van der Waals surface area contributed by atoms with Gasteiger partial charge in [-0.25, -0.2) is 4.39 Å². The number of carbonyl (C=O) groups excluding carboxylic acids is 2. The Hall–Kier alpha value is -3.51. The number of nitrogens with two attached hydrogens (primary N) is 1. The predicted molar refractivity (Wildman–Crippen MR) is 140 cm³/mol. The molecular formula is C28H36FN5O3. The van der Waals surface area contributed by atoms with E-state index in [9.17, 15) is 14.4 Å². The molecule has 4 rings (SSSR count). The summed E-state index contributed by atoms with van der Waals surface area (Å²) in [5.41, 5.74) is 5.63. The van der Waals surface area contributed by atoms with Crippen molar-refractivity contribution in [2.75, 3.05) is 39.3 Å². The Bertz CT molecular complexity index is 1080. The van der Waals surface area contributed by atoms with E-state index in [1.165, 1.54) is 0 Å². The second kappa shape index (κ2) is 13.2. The number of nitrogens with zero attached hydrogens (tertiary/aromatic N) is 4. The fourth-order valence-electron chi connectivity index (χ4n) is 4.75. The van der Waals surface area contributed by atoms with Gasteiger partial charge < -0.3 is 20.3 Å². The number of likely N-dealkylation sites (tertiary alicyclic amines) is 2. The molecule has 0 saturated carbocycles. The first kappa shape index (κ1) is 28.1. The third-order valence-corrected chi connectivity index (χ3v) is 6.59. The van der Waals surface area contributed by atoms with Crippen LogP contribution in [0.25, 0.3) is 11.1 Å². The molecule has 2 fully saturated rings. The average Bonchev–Trinajstić information content (AvgIpc) is 3.43. The molecule has 0 radical (unpaired) electrons. The Morgan fingerprint density at radius 2 is 1.84 bits per heavy atom. The number of primary amides is 1. The summed E-state index contributed by atoms with van der Waals surface area (Å²) in [6.45, 7) is 7.58. The number of nitriles is 1. The van der Waals surface area contributed by atoms with E-state index < -0.39 is 5.67 Å². The highest BCUT2D eigenvalue weighted by Crippen LogP contribution is 2.28. The van der Waals surface area contributed by atoms with Gasteiger partial charge in [0.05, 0.1) is 12.2 Å². The largest absolute Gasteiger partial charge is 0.492 e. The monoisotopic (exact) mass is 509 g/mol. The van der Waals surface area contributed by atoms with Gasteiger partial charge in [-0.2, -0.15) is 5.26 Å². The first-order chi connectivity index (χ1) is 17.7. The van der Waals surface area contributed by atoms with E-state index in [1.807, 2.05) is 23.1 Å². The van der Waals surface area contributed by atoms with E-state index in [0.717, 1.165) is 63.0 Å². The molecule has 2 aliphatic rings. The maximum Gasteiger partial charge on any atom is 0.272 e. The summed E-state index contributed by atoms with van der Waals surface area (Å²) in [7, 11) is 0. The number of piperidine rings is 1. The van der Waals surface area contributed by atoms with Crippen LogP contribution >= 0.6 is 0 Å². The van der Waals surface area contributed by atoms with Crippen LogP contribution in [0.4, 0.5) is 4.39 Å². The van der Waals surface area contributed by atoms with Crippen molar-refractivity contribution in [3.05, 3.63) is 47.8 Å². The van der Waals surface area contributed by atoms with E-state index in [0.29, 0.717) is 36.1 Å². The molecular weight excluding hydrogens is 473 g/mol. The van der Waals surface area contributed by atoms with Crippen LogP contribution in [-0.2, 0) is 4.79 Å². The lowest BCUT2D eigenvalue weighted by Gasteiger charge is -2.34. The van der Waals surface area contributed by atoms with E-state index in [-0.39, 0.29) is 12.3 Å². The van der Waals surface area contributed by atoms with Crippen LogP contribution < -0.4 is 10.5 Å². The summed E-state index contributed by atoms with van der Waals surface area (Å²) >= 11 is 0. The molecule has 0 spiro atoms. The zero-order valence-electron chi connectivity index (χ0n) is 21.7. The summed E-state index contributed by atoms with van der Waals surface area (Å²) in [5, 5.41) is 9.67. The molecule has 8 nitrogen and oxygen atoms in total. The fourth-order valence-corrected chi connectivity index (χ4v) is 4.75. The Morgan fingerprint density at radius 1 is 1.19 bits per heavy atom. The summed E-state index contributed by atoms with van der Waals surface area (Å²) in [5.74, 6) is 0.951. The van der Waals surface area contributed by atoms with Crippen LogP contribution in [0.3, 0.4) is 0 Å². The molecule has 3 heterocycles. The number of rotatable bonds is 7. The third-order valence-electron chi connectivity index (χ3n) is 6.59. The van der Waals surface area contributed by atoms with Crippen LogP contribution in [0, 0.1) is 17.2 Å². The summed E-state index contributed by atoms with van der Waals surface area (Å²) in [6, 6.07) is 11.4. The first-order valence-corrected chi connectivity index (χ1v) is 12.7. The Balaban J connectivity index is 0.00000121. The molecule has 9 heteroatoms. The number of amides is 2. The van der Waals surface area contributed by atoms with E-state index in [2.05, 4.69) is 21.7 Å². The molecule has 2 saturated heterocycles. The molecule has 0 bridgehead atoms. The molecule has 1 aromatic heterocycles. The number of hydrogen-bond donors (Lipinski definition) is 1. The number of ether oxygens (including phenoxy) is 1. The van der Waals surface area contributed by atoms with E-state index >= 15 is 0 Å². The zero-order chi connectivity index (χ0) is 26.8. The van der Waals surface area contributed by atoms with Crippen molar-refractivity contribution in [1.82, 2.24) is 14.8 Å². The van der Waals surface area contributed by atoms with Crippen LogP contribution in [0.2, 0.25) is 0 Å². The van der Waals surface area contributed by atoms with Crippen LogP contribution in [0.1, 0.15) is 55.6 Å². The van der Waals surface area contributed by atoms with E-state index in [1.54, 1.807) is 32.2 Å². The Kier molecular flexibility index (Phi) is 9.98. The van der Waals surface area contributed by atoms with Gasteiger partial charge in [0.25, 0.3) is 5.91 Å². The maximum atomic E-state index is 13.9. The van der Waals surface area contributed by atoms with Crippen molar-refractivity contribution in [3.8, 4) is 22.9 Å². The minimum atomic E-state index is -1.17. The van der Waals surface area contributed by atoms with Crippen molar-refractivity contribution in [2.24, 2.45) is 11.7 Å². The SMILES string of the molecule is CC(C)(F)CN1CCC(COc2ccc(-c3ccc(C(=O)N4CCCC4)nc3)cc2C#N)CC1.NC=O. The molecule has 0 unspecified atom stereocenters. The minimum absolute atomic E-state index is 0.0234. The van der Waals surface area contributed by atoms with Gasteiger partial charge in [0, 0.05) is 31.4 Å². The summed E-state index contributed by atoms with van der Waals surface area (Å²) < 4.78 is 19.9. The molecule has 2 aromatic rings. The van der Waals surface area contributed by atoms with Crippen molar-refractivity contribution in [2.45, 2.75) is 45.2 Å². The van der Waals surface area contributed by atoms with Crippen molar-refractivity contribution < 1.29 is 18.7 Å². The summed E-state index contributed by atoms with van der Waals surface area (Å²) in [6.07, 6.45) is 5.96. The van der Waals surface area contributed by atoms with Gasteiger partial charge in [0.1, 0.15) is 23.2 Å². The number of benzene rings is 1. The van der Waals surface area contributed by atoms with Gasteiger partial charge in [-0.3, -0.25) is 14.6 Å². The van der Waals surface area contributed by atoms with Crippen LogP contribution in [0.5, 0.6) is 5.75 Å². The normalized spacial score (nSPS) is 16.4. The molecule has 0 aliphatic carbocycles. The van der Waals surface area contributed by atoms with Crippen LogP contribution in [-0.4, -0.2) is 72.1 Å². The quantitative estimate of drug-likeness (QED) is 0.568. The lowest BCUT2D eigenvalue weighted by molar-refractivity contribution is -0.106. The highest BCUT2D eigenvalue weighted by Gasteiger charge is 2.26. The highest BCUT2D eigenvalue weighted by atomic mass is 19.1. The van der Waals surface area contributed by atoms with Gasteiger partial charge in [-0.05, 0) is 82.3 Å². The Labute approximate surface area is 218 Å². The van der Waals surface area contributed by atoms with Crippen molar-refractivity contribution >= 4 is 12.3 Å². The smallest absolute Gasteiger partial charge is 0.272 e. The summed E-state index contributed by atoms with van der Waals surface area (Å²) in [4.78, 5) is 29.5. The molecule has 2 aliphatic heterocycles. The predicted octanol–water partition coefficient (Wildman–Crippen LogP) is 3.80. The van der Waals surface area contributed by atoms with Crippen molar-refractivity contribution in [3.63, 3.8) is 0 Å². The Morgan fingerprint density at radius 3 is 2.41 bits per heavy atom. The highest BCUT2D eigenvalue weighted by molar-refractivity contribution is 5.92. The number of halogens is 1. The number of alkyl halides is 1. The first-order valence-electron chi connectivity index (χ1n) is 12.7. The molecule has 198 valence electrons. The topological polar surface area (TPSA) is 113 Å². The molecule has 2 amide bonds. The van der Waals surface area contributed by atoms with E-state index in [4.69, 9.17) is 9.53 Å². The fraction of sp³-hybridized carbons (Fsp3) is 0.500. The number of hydrogen-bond acceptors (Lipinski definition) is 6. The van der Waals surface area contributed by atoms with Gasteiger partial charge in [-0.1, -0.05) is 12.1 Å². The lowest BCUT2D eigenvalue weighted by atomic mass is 9.96. The zero-order valence-corrected chi connectivity index (χ0v) is 21.7. The molecule has 1 aromatic carbocycles. The molecule has 2 N–H and O–H groups in total. The number of carbonyl (C=O) groups is 2. The van der Waals surface area contributed by atoms with Crippen LogP contribution in [0.15, 0.2) is 36.5 Å². The van der Waals surface area contributed by atoms with Gasteiger partial charge in [0.2, 0.25) is 6.41 Å². The minimum Gasteiger partial charge on any atom is -0.492 e. The number of pyridine rings is 1. The molecule has 37 heavy (non-hydrogen) atoms. The number of aromatic nitrogens is 1. The maximum absolute atomic E-state index is 13.9. The third kappa shape index (κ3) is 8.25. The van der Waals surface area contributed by atoms with Gasteiger partial charge in [0.15, 0.2) is 0 Å². The van der Waals surface area contributed by atoms with Gasteiger partial charge >= 0.3 is 0 Å². The van der Waals surface area contributed by atoms with Crippen molar-refractivity contribution in [1.29, 1.82) is 5.26 Å². The standard InChI is InChI=1S/C27H33FN4O2.CH3NO/c1-27(2,28)19-31-13-9-20(10-14-31)18-34-25-8-6-21(15-23(25)16-29)22-5-7-24(30-17-22)26(33)32-11-3-4-12-32;2-1-3/h5-8,15,17,20H,3-4,9-14,18-19H2,1-2H3;1H,(H2,2,3). The second-order valence-electron chi connectivity index (χ2n) is 10.1.